The van der Waals surface area contributed by atoms with Crippen molar-refractivity contribution >= 4 is 17.9 Å². The van der Waals surface area contributed by atoms with E-state index in [1.807, 2.05) is 0 Å². The third-order valence-corrected chi connectivity index (χ3v) is 2.72. The lowest BCUT2D eigenvalue weighted by atomic mass is 11.7. The molecule has 0 amide bonds. The van der Waals surface area contributed by atoms with Gasteiger partial charge in [0.25, 0.3) is 0 Å². The van der Waals surface area contributed by atoms with Crippen LogP contribution in [0.3, 0.4) is 0 Å². The number of sulfonamides is 1. The van der Waals surface area contributed by atoms with Crippen molar-refractivity contribution in [2.45, 2.75) is 0 Å². The molecule has 2 N–H and O–H groups in total. The third-order valence-electron chi connectivity index (χ3n) is 0.415. The van der Waals surface area contributed by atoms with Crippen LogP contribution in [-0.2, 0) is 14.6 Å². The minimum atomic E-state index is -5.80. The monoisotopic (exact) mass is 195 g/mol. The molecule has 0 aromatic rings. The number of hydrogen-bond acceptors (Lipinski definition) is 4. The van der Waals surface area contributed by atoms with Gasteiger partial charge in [0.1, 0.15) is 0 Å². The summed E-state index contributed by atoms with van der Waals surface area (Å²) >= 11 is 0. The Bertz CT molecular complexity index is 242. The zero-order valence-corrected chi connectivity index (χ0v) is 6.20. The zero-order chi connectivity index (χ0) is 8.41. The van der Waals surface area contributed by atoms with Crippen LogP contribution in [-0.4, -0.2) is 19.5 Å². The standard InChI is InChI=1S/CH4F2NO4PS/c2-9(3,6)4-10(7,8)1-5/h5H,1H2,(H,4,6). The molecule has 0 rings (SSSR count). The molecule has 0 aliphatic carbocycles. The molecule has 0 aliphatic rings. The Morgan fingerprint density at radius 2 is 1.90 bits per heavy atom. The Kier molecular flexibility index (Phi) is 2.90. The average molecular weight is 195 g/mol. The van der Waals surface area contributed by atoms with Gasteiger partial charge in [-0.3, -0.25) is 0 Å². The van der Waals surface area contributed by atoms with Gasteiger partial charge in [-0.25, -0.2) is 13.0 Å². The fourth-order valence-electron chi connectivity index (χ4n) is 0.191. The van der Waals surface area contributed by atoms with E-state index < -0.39 is 23.9 Å². The van der Waals surface area contributed by atoms with Crippen molar-refractivity contribution in [2.75, 3.05) is 5.94 Å². The van der Waals surface area contributed by atoms with Crippen molar-refractivity contribution in [3.8, 4) is 0 Å². The van der Waals surface area contributed by atoms with E-state index in [0.29, 0.717) is 4.49 Å². The molecule has 0 fully saturated rings. The number of aliphatic hydroxyl groups is 1. The lowest BCUT2D eigenvalue weighted by Crippen LogP contribution is -2.20. The third kappa shape index (κ3) is 4.80. The highest BCUT2D eigenvalue weighted by Crippen LogP contribution is 2.44. The number of halogens is 2. The number of nitrogens with one attached hydrogen (secondary N) is 1. The van der Waals surface area contributed by atoms with E-state index in [1.54, 1.807) is 0 Å². The highest BCUT2D eigenvalue weighted by atomic mass is 32.2. The molecular formula is CH4F2NO4PS. The van der Waals surface area contributed by atoms with Gasteiger partial charge in [-0.15, -0.1) is 12.9 Å². The van der Waals surface area contributed by atoms with Crippen molar-refractivity contribution in [2.24, 2.45) is 0 Å². The first kappa shape index (κ1) is 9.96. The number of hydrogen-bond donors (Lipinski definition) is 2. The SMILES string of the molecule is O=P(F)(F)NS(=O)(=O)CO. The number of aliphatic hydroxyl groups excluding tert-OH is 1. The van der Waals surface area contributed by atoms with Gasteiger partial charge in [-0.05, 0) is 0 Å². The summed E-state index contributed by atoms with van der Waals surface area (Å²) in [6.07, 6.45) is 0. The van der Waals surface area contributed by atoms with Crippen molar-refractivity contribution in [1.29, 1.82) is 0 Å². The zero-order valence-electron chi connectivity index (χ0n) is 4.49. The largest absolute Gasteiger partial charge is 0.493 e. The fourth-order valence-corrected chi connectivity index (χ4v) is 1.72. The average Bonchev–Trinajstić information content (AvgIpc) is 1.60. The lowest BCUT2D eigenvalue weighted by molar-refractivity contribution is 0.357. The van der Waals surface area contributed by atoms with Gasteiger partial charge in [-0.2, -0.15) is 0 Å². The molecule has 9 heteroatoms. The Labute approximate surface area is 55.8 Å². The van der Waals surface area contributed by atoms with E-state index in [0.717, 1.165) is 0 Å². The van der Waals surface area contributed by atoms with Crippen LogP contribution in [0.1, 0.15) is 0 Å². The first-order chi connectivity index (χ1) is 4.27. The molecule has 5 nitrogen and oxygen atoms in total. The summed E-state index contributed by atoms with van der Waals surface area (Å²) in [4.78, 5) is 0. The van der Waals surface area contributed by atoms with Gasteiger partial charge in [0.15, 0.2) is 5.94 Å². The van der Waals surface area contributed by atoms with E-state index >= 15 is 0 Å². The predicted octanol–water partition coefficient (Wildman–Crippen LogP) is -0.0973. The topological polar surface area (TPSA) is 83.5 Å². The van der Waals surface area contributed by atoms with Crippen molar-refractivity contribution < 1.29 is 26.5 Å². The normalized spacial score (nSPS) is 13.5. The molecule has 0 saturated heterocycles. The summed E-state index contributed by atoms with van der Waals surface area (Å²) in [5, 5.41) is 7.85. The van der Waals surface area contributed by atoms with Gasteiger partial charge in [0.05, 0.1) is 0 Å². The number of rotatable bonds is 3. The smallest absolute Gasteiger partial charge is 0.379 e. The maximum absolute atomic E-state index is 11.4. The molecule has 0 heterocycles. The summed E-state index contributed by atoms with van der Waals surface area (Å²) in [5.41, 5.74) is 0. The Morgan fingerprint density at radius 3 is 2.00 bits per heavy atom. The highest BCUT2D eigenvalue weighted by Gasteiger charge is 2.26. The van der Waals surface area contributed by atoms with Crippen molar-refractivity contribution in [3.63, 3.8) is 0 Å². The highest BCUT2D eigenvalue weighted by molar-refractivity contribution is 7.94. The van der Waals surface area contributed by atoms with E-state index in [-0.39, 0.29) is 0 Å². The molecule has 0 bridgehead atoms. The van der Waals surface area contributed by atoms with Crippen LogP contribution in [0, 0.1) is 0 Å². The first-order valence-corrected chi connectivity index (χ1v) is 5.03. The lowest BCUT2D eigenvalue weighted by Gasteiger charge is -1.99. The van der Waals surface area contributed by atoms with E-state index in [1.165, 1.54) is 0 Å². The van der Waals surface area contributed by atoms with Gasteiger partial charge < -0.3 is 5.11 Å². The molecule has 0 aromatic heterocycles. The quantitative estimate of drug-likeness (QED) is 0.616. The second kappa shape index (κ2) is 2.91. The van der Waals surface area contributed by atoms with E-state index in [2.05, 4.69) is 0 Å². The van der Waals surface area contributed by atoms with Crippen LogP contribution in [0.5, 0.6) is 0 Å². The summed E-state index contributed by atoms with van der Waals surface area (Å²) in [7, 11) is -10.3. The minimum absolute atomic E-state index is 0.490. The molecule has 0 atom stereocenters. The van der Waals surface area contributed by atoms with Crippen LogP contribution in [0.2, 0.25) is 0 Å². The molecule has 0 saturated carbocycles. The first-order valence-electron chi connectivity index (χ1n) is 1.89. The van der Waals surface area contributed by atoms with Crippen LogP contribution < -0.4 is 4.49 Å². The maximum atomic E-state index is 11.4. The fraction of sp³-hybridized carbons (Fsp3) is 1.00. The van der Waals surface area contributed by atoms with E-state index in [4.69, 9.17) is 5.11 Å². The van der Waals surface area contributed by atoms with Gasteiger partial charge in [0.2, 0.25) is 10.0 Å². The Hall–Kier alpha value is -0.0400. The predicted molar refractivity (Wildman–Crippen MR) is 29.0 cm³/mol. The Morgan fingerprint density at radius 1 is 1.50 bits per heavy atom. The van der Waals surface area contributed by atoms with Gasteiger partial charge in [0, 0.05) is 0 Å². The van der Waals surface area contributed by atoms with Crippen molar-refractivity contribution in [3.05, 3.63) is 0 Å². The molecule has 0 aromatic carbocycles. The molecule has 10 heavy (non-hydrogen) atoms. The maximum Gasteiger partial charge on any atom is 0.493 e. The molecule has 0 radical (unpaired) electrons. The van der Waals surface area contributed by atoms with Crippen molar-refractivity contribution in [1.82, 2.24) is 4.49 Å². The molecule has 0 aliphatic heterocycles. The Balaban J connectivity index is 4.33. The van der Waals surface area contributed by atoms with E-state index in [9.17, 15) is 21.4 Å². The molecule has 0 unspecified atom stereocenters. The summed E-state index contributed by atoms with van der Waals surface area (Å²) in [6.45, 7) is 0. The molecule has 62 valence electrons. The summed E-state index contributed by atoms with van der Waals surface area (Å²) < 4.78 is 52.7. The summed E-state index contributed by atoms with van der Waals surface area (Å²) in [5.74, 6) is -1.51. The second-order valence-electron chi connectivity index (χ2n) is 1.30. The summed E-state index contributed by atoms with van der Waals surface area (Å²) in [6, 6.07) is 0. The van der Waals surface area contributed by atoms with Gasteiger partial charge >= 0.3 is 7.91 Å². The van der Waals surface area contributed by atoms with Gasteiger partial charge in [-0.1, -0.05) is 0 Å². The minimum Gasteiger partial charge on any atom is -0.379 e. The van der Waals surface area contributed by atoms with Crippen LogP contribution in [0.15, 0.2) is 0 Å². The van der Waals surface area contributed by atoms with Crippen LogP contribution in [0.25, 0.3) is 0 Å². The van der Waals surface area contributed by atoms with Crippen LogP contribution >= 0.6 is 7.91 Å². The molecule has 0 spiro atoms. The molecular weight excluding hydrogens is 191 g/mol. The van der Waals surface area contributed by atoms with Crippen LogP contribution in [0.4, 0.5) is 8.39 Å². The second-order valence-corrected chi connectivity index (χ2v) is 4.44.